The molecule has 0 heterocycles. The molecule has 0 saturated carbocycles. The molecule has 0 aromatic rings. The number of nitrogens with two attached hydrogens (primary N) is 3. The molecule has 3 unspecified atom stereocenters. The number of carbonyl (C=O) groups is 6. The number of carboxylic acid groups (broad SMARTS) is 1. The van der Waals surface area contributed by atoms with Crippen molar-refractivity contribution in [3.05, 3.63) is 0 Å². The van der Waals surface area contributed by atoms with E-state index in [1.54, 1.807) is 0 Å². The highest BCUT2D eigenvalue weighted by atomic mass is 32.1. The average Bonchev–Trinajstić information content (AvgIpc) is 2.64. The highest BCUT2D eigenvalue weighted by Gasteiger charge is 2.29. The molecule has 164 valence electrons. The Morgan fingerprint density at radius 1 is 0.793 bits per heavy atom. The van der Waals surface area contributed by atoms with Gasteiger partial charge in [0.2, 0.25) is 29.5 Å². The maximum atomic E-state index is 12.4. The Hall–Kier alpha value is -2.87. The molecule has 0 spiro atoms. The predicted octanol–water partition coefficient (Wildman–Crippen LogP) is -4.06. The topological polar surface area (TPSA) is 237 Å². The minimum absolute atomic E-state index is 0.135. The highest BCUT2D eigenvalue weighted by molar-refractivity contribution is 7.80. The number of aliphatic carboxylic acids is 1. The van der Waals surface area contributed by atoms with Crippen LogP contribution in [0.1, 0.15) is 25.7 Å². The smallest absolute Gasteiger partial charge is 0.326 e. The monoisotopic (exact) mass is 434 g/mol. The van der Waals surface area contributed by atoms with Gasteiger partial charge in [-0.25, -0.2) is 4.79 Å². The number of amides is 5. The summed E-state index contributed by atoms with van der Waals surface area (Å²) >= 11 is 3.95. The highest BCUT2D eigenvalue weighted by Crippen LogP contribution is 2.02. The molecule has 29 heavy (non-hydrogen) atoms. The van der Waals surface area contributed by atoms with Crippen molar-refractivity contribution in [3.63, 3.8) is 0 Å². The predicted molar refractivity (Wildman–Crippen MR) is 103 cm³/mol. The first-order chi connectivity index (χ1) is 13.5. The summed E-state index contributed by atoms with van der Waals surface area (Å²) in [4.78, 5) is 69.2. The molecule has 0 saturated heterocycles. The maximum Gasteiger partial charge on any atom is 0.326 e. The van der Waals surface area contributed by atoms with Gasteiger partial charge >= 0.3 is 5.97 Å². The van der Waals surface area contributed by atoms with E-state index in [0.29, 0.717) is 0 Å². The maximum absolute atomic E-state index is 12.4. The molecule has 0 bridgehead atoms. The Morgan fingerprint density at radius 3 is 1.66 bits per heavy atom. The molecule has 3 atom stereocenters. The second-order valence-corrected chi connectivity index (χ2v) is 6.34. The van der Waals surface area contributed by atoms with Crippen molar-refractivity contribution in [2.75, 3.05) is 12.3 Å². The zero-order valence-corrected chi connectivity index (χ0v) is 16.4. The largest absolute Gasteiger partial charge is 0.480 e. The molecule has 0 aliphatic rings. The lowest BCUT2D eigenvalue weighted by molar-refractivity contribution is -0.142. The van der Waals surface area contributed by atoms with Gasteiger partial charge in [-0.15, -0.1) is 0 Å². The summed E-state index contributed by atoms with van der Waals surface area (Å²) in [6.45, 7) is -0.406. The van der Waals surface area contributed by atoms with Crippen LogP contribution in [-0.4, -0.2) is 71.0 Å². The van der Waals surface area contributed by atoms with Gasteiger partial charge in [-0.3, -0.25) is 24.0 Å². The van der Waals surface area contributed by atoms with Crippen molar-refractivity contribution >= 4 is 48.1 Å². The lowest BCUT2D eigenvalue weighted by Crippen LogP contribution is -2.57. The number of hydrogen-bond acceptors (Lipinski definition) is 8. The normalized spacial score (nSPS) is 13.4. The van der Waals surface area contributed by atoms with Crippen LogP contribution >= 0.6 is 12.6 Å². The third-order valence-electron chi connectivity index (χ3n) is 3.63. The number of hydrogen-bond donors (Lipinski definition) is 8. The summed E-state index contributed by atoms with van der Waals surface area (Å²) in [5, 5.41) is 15.9. The summed E-state index contributed by atoms with van der Waals surface area (Å²) < 4.78 is 0. The van der Waals surface area contributed by atoms with Crippen molar-refractivity contribution in [2.24, 2.45) is 17.2 Å². The number of carbonyl (C=O) groups excluding carboxylic acids is 5. The third kappa shape index (κ3) is 10.9. The quantitative estimate of drug-likeness (QED) is 0.125. The number of nitrogens with one attached hydrogen (secondary N) is 3. The van der Waals surface area contributed by atoms with Gasteiger partial charge in [-0.05, 0) is 12.8 Å². The van der Waals surface area contributed by atoms with Crippen LogP contribution in [0.5, 0.6) is 0 Å². The zero-order chi connectivity index (χ0) is 22.6. The molecular formula is C15H26N6O7S. The molecule has 0 fully saturated rings. The van der Waals surface area contributed by atoms with E-state index in [9.17, 15) is 28.8 Å². The van der Waals surface area contributed by atoms with E-state index < -0.39 is 60.2 Å². The van der Waals surface area contributed by atoms with Gasteiger partial charge in [0, 0.05) is 18.6 Å². The minimum atomic E-state index is -1.41. The molecule has 10 N–H and O–H groups in total. The molecule has 0 aromatic carbocycles. The van der Waals surface area contributed by atoms with Gasteiger partial charge in [0.1, 0.15) is 18.1 Å². The van der Waals surface area contributed by atoms with Crippen LogP contribution in [0.2, 0.25) is 0 Å². The summed E-state index contributed by atoms with van der Waals surface area (Å²) in [6.07, 6.45) is -0.855. The summed E-state index contributed by atoms with van der Waals surface area (Å²) in [5.41, 5.74) is 15.2. The van der Waals surface area contributed by atoms with Crippen LogP contribution in [0.3, 0.4) is 0 Å². The fourth-order valence-corrected chi connectivity index (χ4v) is 2.35. The number of rotatable bonds is 14. The van der Waals surface area contributed by atoms with Crippen molar-refractivity contribution in [1.82, 2.24) is 16.0 Å². The Balaban J connectivity index is 5.10. The van der Waals surface area contributed by atoms with Gasteiger partial charge in [-0.2, -0.15) is 12.6 Å². The minimum Gasteiger partial charge on any atom is -0.480 e. The van der Waals surface area contributed by atoms with Crippen LogP contribution in [0.4, 0.5) is 0 Å². The molecule has 14 heteroatoms. The third-order valence-corrected chi connectivity index (χ3v) is 3.99. The Kier molecular flexibility index (Phi) is 12.0. The Morgan fingerprint density at radius 2 is 1.24 bits per heavy atom. The zero-order valence-electron chi connectivity index (χ0n) is 15.6. The second kappa shape index (κ2) is 13.3. The molecule has 0 rings (SSSR count). The molecule has 0 aromatic heterocycles. The van der Waals surface area contributed by atoms with E-state index in [1.807, 2.05) is 0 Å². The molecule has 13 nitrogen and oxygen atoms in total. The van der Waals surface area contributed by atoms with Gasteiger partial charge in [0.25, 0.3) is 0 Å². The molecule has 0 radical (unpaired) electrons. The van der Waals surface area contributed by atoms with Crippen LogP contribution in [-0.2, 0) is 28.8 Å². The Bertz CT molecular complexity index is 645. The second-order valence-electron chi connectivity index (χ2n) is 5.98. The molecular weight excluding hydrogens is 408 g/mol. The number of thiol groups is 1. The van der Waals surface area contributed by atoms with E-state index in [2.05, 4.69) is 28.6 Å². The van der Waals surface area contributed by atoms with E-state index in [-0.39, 0.29) is 31.4 Å². The van der Waals surface area contributed by atoms with Gasteiger partial charge in [0.15, 0.2) is 0 Å². The summed E-state index contributed by atoms with van der Waals surface area (Å²) in [7, 11) is 0. The molecule has 5 amide bonds. The van der Waals surface area contributed by atoms with E-state index in [0.717, 1.165) is 0 Å². The lowest BCUT2D eigenvalue weighted by atomic mass is 10.1. The van der Waals surface area contributed by atoms with Crippen LogP contribution in [0.25, 0.3) is 0 Å². The summed E-state index contributed by atoms with van der Waals surface area (Å²) in [5.74, 6) is -5.38. The lowest BCUT2D eigenvalue weighted by Gasteiger charge is -2.23. The SMILES string of the molecule is NCC(=O)NC(CCC(N)=O)C(=O)NC(CS)C(=O)NC(CCC(N)=O)C(=O)O. The molecule has 0 aliphatic heterocycles. The summed E-state index contributed by atoms with van der Waals surface area (Å²) in [6, 6.07) is -3.86. The van der Waals surface area contributed by atoms with Crippen molar-refractivity contribution in [1.29, 1.82) is 0 Å². The first kappa shape index (κ1) is 26.1. The van der Waals surface area contributed by atoms with Crippen LogP contribution < -0.4 is 33.2 Å². The van der Waals surface area contributed by atoms with E-state index >= 15 is 0 Å². The molecule has 0 aliphatic carbocycles. The van der Waals surface area contributed by atoms with Gasteiger partial charge < -0.3 is 38.3 Å². The van der Waals surface area contributed by atoms with Crippen LogP contribution in [0.15, 0.2) is 0 Å². The fraction of sp³-hybridized carbons (Fsp3) is 0.600. The first-order valence-electron chi connectivity index (χ1n) is 8.52. The van der Waals surface area contributed by atoms with Gasteiger partial charge in [0.05, 0.1) is 6.54 Å². The van der Waals surface area contributed by atoms with E-state index in [1.165, 1.54) is 0 Å². The fourth-order valence-electron chi connectivity index (χ4n) is 2.09. The van der Waals surface area contributed by atoms with Crippen molar-refractivity contribution in [2.45, 2.75) is 43.8 Å². The number of primary amides is 2. The van der Waals surface area contributed by atoms with Gasteiger partial charge in [-0.1, -0.05) is 0 Å². The average molecular weight is 434 g/mol. The van der Waals surface area contributed by atoms with Crippen LogP contribution in [0, 0.1) is 0 Å². The first-order valence-corrected chi connectivity index (χ1v) is 9.15. The van der Waals surface area contributed by atoms with E-state index in [4.69, 9.17) is 22.3 Å². The Labute approximate surface area is 171 Å². The van der Waals surface area contributed by atoms with Crippen molar-refractivity contribution < 1.29 is 33.9 Å². The van der Waals surface area contributed by atoms with Crippen molar-refractivity contribution in [3.8, 4) is 0 Å². The standard InChI is InChI=1S/C15H26N6O7S/c16-5-12(24)19-7(1-3-10(17)22)13(25)21-9(6-29)14(26)20-8(15(27)28)2-4-11(18)23/h7-9,29H,1-6,16H2,(H2,17,22)(H2,18,23)(H,19,24)(H,20,26)(H,21,25)(H,27,28). The number of carboxylic acids is 1.